The van der Waals surface area contributed by atoms with E-state index in [1.807, 2.05) is 6.92 Å². The Labute approximate surface area is 119 Å². The number of rotatable bonds is 4. The second kappa shape index (κ2) is 6.25. The second-order valence-electron chi connectivity index (χ2n) is 4.65. The fourth-order valence-corrected chi connectivity index (χ4v) is 1.94. The lowest BCUT2D eigenvalue weighted by molar-refractivity contribution is -0.141. The molecule has 1 aromatic rings. The molecule has 0 atom stereocenters. The molecule has 9 heteroatoms. The average Bonchev–Trinajstić information content (AvgIpc) is 2.36. The largest absolute Gasteiger partial charge is 0.435 e. The van der Waals surface area contributed by atoms with Gasteiger partial charge >= 0.3 is 12.2 Å². The predicted molar refractivity (Wildman–Crippen MR) is 67.6 cm³/mol. The topological polar surface area (TPSA) is 76.1 Å². The van der Waals surface area contributed by atoms with Gasteiger partial charge in [0.05, 0.1) is 6.10 Å². The molecule has 1 aliphatic rings. The molecule has 116 valence electrons. The summed E-state index contributed by atoms with van der Waals surface area (Å²) in [5, 5.41) is 11.3. The van der Waals surface area contributed by atoms with E-state index < -0.39 is 17.9 Å². The Bertz CT molecular complexity index is 486. The van der Waals surface area contributed by atoms with Gasteiger partial charge in [-0.3, -0.25) is 5.32 Å². The first-order chi connectivity index (χ1) is 9.88. The van der Waals surface area contributed by atoms with Gasteiger partial charge in [0.1, 0.15) is 0 Å². The zero-order valence-corrected chi connectivity index (χ0v) is 11.3. The van der Waals surface area contributed by atoms with Crippen LogP contribution in [-0.4, -0.2) is 35.0 Å². The number of aromatic nitrogens is 2. The zero-order chi connectivity index (χ0) is 15.5. The maximum absolute atomic E-state index is 12.3. The molecule has 0 aromatic carbocycles. The van der Waals surface area contributed by atoms with Gasteiger partial charge in [0.15, 0.2) is 11.5 Å². The van der Waals surface area contributed by atoms with E-state index in [0.29, 0.717) is 6.61 Å². The van der Waals surface area contributed by atoms with Gasteiger partial charge in [-0.1, -0.05) is 0 Å². The highest BCUT2D eigenvalue weighted by Gasteiger charge is 2.33. The molecule has 2 amide bonds. The van der Waals surface area contributed by atoms with Crippen molar-refractivity contribution in [2.24, 2.45) is 0 Å². The van der Waals surface area contributed by atoms with Gasteiger partial charge in [-0.2, -0.15) is 13.2 Å². The van der Waals surface area contributed by atoms with E-state index in [4.69, 9.17) is 4.74 Å². The van der Waals surface area contributed by atoms with Crippen LogP contribution in [-0.2, 0) is 10.9 Å². The molecule has 1 aromatic heterocycles. The summed E-state index contributed by atoms with van der Waals surface area (Å²) in [5.41, 5.74) is -1.10. The maximum atomic E-state index is 12.3. The van der Waals surface area contributed by atoms with E-state index in [0.717, 1.165) is 25.0 Å². The van der Waals surface area contributed by atoms with Crippen molar-refractivity contribution in [1.29, 1.82) is 0 Å². The lowest BCUT2D eigenvalue weighted by Gasteiger charge is -2.35. The number of carbonyl (C=O) groups is 1. The van der Waals surface area contributed by atoms with Crippen LogP contribution in [0.1, 0.15) is 25.5 Å². The van der Waals surface area contributed by atoms with Gasteiger partial charge in [0.25, 0.3) is 0 Å². The molecular formula is C12H15F3N4O2. The first-order valence-electron chi connectivity index (χ1n) is 6.48. The Morgan fingerprint density at radius 3 is 2.62 bits per heavy atom. The Morgan fingerprint density at radius 1 is 1.38 bits per heavy atom. The summed E-state index contributed by atoms with van der Waals surface area (Å²) in [7, 11) is 0. The van der Waals surface area contributed by atoms with Crippen molar-refractivity contribution in [1.82, 2.24) is 15.5 Å². The van der Waals surface area contributed by atoms with Crippen LogP contribution in [0.3, 0.4) is 0 Å². The van der Waals surface area contributed by atoms with E-state index >= 15 is 0 Å². The van der Waals surface area contributed by atoms with Crippen LogP contribution >= 0.6 is 0 Å². The van der Waals surface area contributed by atoms with Crippen molar-refractivity contribution in [3.05, 3.63) is 17.8 Å². The van der Waals surface area contributed by atoms with Crippen molar-refractivity contribution in [2.75, 3.05) is 11.9 Å². The molecule has 0 unspecified atom stereocenters. The first kappa shape index (κ1) is 15.5. The molecule has 1 aliphatic carbocycles. The fraction of sp³-hybridized carbons (Fsp3) is 0.583. The van der Waals surface area contributed by atoms with E-state index in [1.54, 1.807) is 0 Å². The third-order valence-electron chi connectivity index (χ3n) is 3.03. The molecule has 0 bridgehead atoms. The number of hydrogen-bond acceptors (Lipinski definition) is 4. The van der Waals surface area contributed by atoms with E-state index in [2.05, 4.69) is 20.8 Å². The summed E-state index contributed by atoms with van der Waals surface area (Å²) in [5.74, 6) is -0.0406. The van der Waals surface area contributed by atoms with E-state index in [1.165, 1.54) is 0 Å². The van der Waals surface area contributed by atoms with Crippen molar-refractivity contribution >= 4 is 11.8 Å². The third kappa shape index (κ3) is 4.28. The summed E-state index contributed by atoms with van der Waals surface area (Å²) in [6.07, 6.45) is -2.94. The average molecular weight is 304 g/mol. The summed E-state index contributed by atoms with van der Waals surface area (Å²) >= 11 is 0. The Hall–Kier alpha value is -1.90. The molecule has 1 fully saturated rings. The molecule has 0 saturated heterocycles. The third-order valence-corrected chi connectivity index (χ3v) is 3.03. The van der Waals surface area contributed by atoms with Gasteiger partial charge in [-0.15, -0.1) is 10.2 Å². The number of nitrogens with one attached hydrogen (secondary N) is 2. The molecule has 2 rings (SSSR count). The van der Waals surface area contributed by atoms with Gasteiger partial charge in [-0.05, 0) is 31.9 Å². The van der Waals surface area contributed by atoms with Crippen LogP contribution in [0.25, 0.3) is 0 Å². The van der Waals surface area contributed by atoms with E-state index in [-0.39, 0.29) is 18.0 Å². The highest BCUT2D eigenvalue weighted by atomic mass is 19.4. The molecule has 6 nitrogen and oxygen atoms in total. The van der Waals surface area contributed by atoms with Gasteiger partial charge < -0.3 is 10.1 Å². The lowest BCUT2D eigenvalue weighted by atomic mass is 9.89. The summed E-state index contributed by atoms with van der Waals surface area (Å²) in [6, 6.07) is 1.30. The van der Waals surface area contributed by atoms with Gasteiger partial charge in [-0.25, -0.2) is 4.79 Å². The number of carbonyl (C=O) groups excluding carboxylic acids is 1. The predicted octanol–water partition coefficient (Wildman–Crippen LogP) is 2.18. The molecule has 2 N–H and O–H groups in total. The number of alkyl halides is 3. The van der Waals surface area contributed by atoms with Gasteiger partial charge in [0, 0.05) is 12.6 Å². The Balaban J connectivity index is 1.78. The molecule has 1 heterocycles. The van der Waals surface area contributed by atoms with E-state index in [9.17, 15) is 18.0 Å². The normalized spacial score (nSPS) is 21.5. The number of urea groups is 1. The number of ether oxygens (including phenoxy) is 1. The summed E-state index contributed by atoms with van der Waals surface area (Å²) in [4.78, 5) is 11.6. The minimum absolute atomic E-state index is 0.00366. The molecule has 21 heavy (non-hydrogen) atoms. The smallest absolute Gasteiger partial charge is 0.378 e. The quantitative estimate of drug-likeness (QED) is 0.894. The minimum atomic E-state index is -4.55. The monoisotopic (exact) mass is 304 g/mol. The highest BCUT2D eigenvalue weighted by molar-refractivity contribution is 5.88. The zero-order valence-electron chi connectivity index (χ0n) is 11.3. The minimum Gasteiger partial charge on any atom is -0.378 e. The van der Waals surface area contributed by atoms with Crippen molar-refractivity contribution < 1.29 is 22.7 Å². The Kier molecular flexibility index (Phi) is 4.61. The second-order valence-corrected chi connectivity index (χ2v) is 4.65. The maximum Gasteiger partial charge on any atom is 0.435 e. The van der Waals surface area contributed by atoms with Crippen molar-refractivity contribution in [2.45, 2.75) is 38.1 Å². The van der Waals surface area contributed by atoms with Crippen molar-refractivity contribution in [3.63, 3.8) is 0 Å². The lowest BCUT2D eigenvalue weighted by Crippen LogP contribution is -2.49. The summed E-state index contributed by atoms with van der Waals surface area (Å²) in [6.45, 7) is 2.53. The number of nitrogens with zero attached hydrogens (tertiary/aromatic N) is 2. The number of halogens is 3. The first-order valence-corrected chi connectivity index (χ1v) is 6.48. The molecule has 1 saturated carbocycles. The molecular weight excluding hydrogens is 289 g/mol. The Morgan fingerprint density at radius 2 is 2.10 bits per heavy atom. The number of anilines is 1. The van der Waals surface area contributed by atoms with Crippen LogP contribution in [0.5, 0.6) is 0 Å². The van der Waals surface area contributed by atoms with Crippen LogP contribution in [0, 0.1) is 0 Å². The van der Waals surface area contributed by atoms with Gasteiger partial charge in [0.2, 0.25) is 0 Å². The van der Waals surface area contributed by atoms with Crippen LogP contribution < -0.4 is 10.6 Å². The van der Waals surface area contributed by atoms with Crippen LogP contribution in [0.4, 0.5) is 23.8 Å². The summed E-state index contributed by atoms with van der Waals surface area (Å²) < 4.78 is 42.2. The van der Waals surface area contributed by atoms with Crippen LogP contribution in [0.15, 0.2) is 12.1 Å². The SMILES string of the molecule is CCOC1CC(NC(=O)Nc2ccc(C(F)(F)F)nn2)C1. The fourth-order valence-electron chi connectivity index (χ4n) is 1.94. The highest BCUT2D eigenvalue weighted by Crippen LogP contribution is 2.27. The standard InChI is InChI=1S/C12H15F3N4O2/c1-2-21-8-5-7(6-8)16-11(20)17-10-4-3-9(18-19-10)12(13,14)15/h3-4,7-8H,2,5-6H2,1H3,(H2,16,17,19,20). The van der Waals surface area contributed by atoms with Crippen molar-refractivity contribution in [3.8, 4) is 0 Å². The number of hydrogen-bond donors (Lipinski definition) is 2. The van der Waals surface area contributed by atoms with Crippen LogP contribution in [0.2, 0.25) is 0 Å². The molecule has 0 radical (unpaired) electrons. The molecule has 0 spiro atoms. The number of amides is 2. The molecule has 0 aliphatic heterocycles.